The summed E-state index contributed by atoms with van der Waals surface area (Å²) in [5.74, 6) is 0.544. The minimum Gasteiger partial charge on any atom is -0.508 e. The van der Waals surface area contributed by atoms with Crippen molar-refractivity contribution in [2.45, 2.75) is 12.8 Å². The molecule has 0 spiro atoms. The molecule has 149 valence electrons. The van der Waals surface area contributed by atoms with Gasteiger partial charge in [0.1, 0.15) is 11.5 Å². The third kappa shape index (κ3) is 4.25. The molecule has 2 N–H and O–H groups in total. The Balaban J connectivity index is 0.00000240. The zero-order chi connectivity index (χ0) is 19.3. The number of aromatic hydroxyl groups is 2. The quantitative estimate of drug-likeness (QED) is 0.279. The van der Waals surface area contributed by atoms with Gasteiger partial charge in [-0.15, -0.1) is 0 Å². The first-order valence-corrected chi connectivity index (χ1v) is 9.45. The van der Waals surface area contributed by atoms with Crippen molar-refractivity contribution in [3.8, 4) is 33.8 Å². The summed E-state index contributed by atoms with van der Waals surface area (Å²) in [6, 6.07) is 31.5. The molecule has 3 heteroatoms. The second-order valence-electron chi connectivity index (χ2n) is 6.91. The molecule has 0 aliphatic rings. The van der Waals surface area contributed by atoms with E-state index in [1.54, 1.807) is 12.1 Å². The van der Waals surface area contributed by atoms with Crippen LogP contribution in [0.1, 0.15) is 11.1 Å². The van der Waals surface area contributed by atoms with Gasteiger partial charge in [-0.3, -0.25) is 0 Å². The number of hydrogen-bond donors (Lipinski definition) is 2. The van der Waals surface area contributed by atoms with Gasteiger partial charge in [0.05, 0.1) is 0 Å². The van der Waals surface area contributed by atoms with Gasteiger partial charge in [0.2, 0.25) is 0 Å². The molecule has 4 aromatic rings. The van der Waals surface area contributed by atoms with Crippen LogP contribution in [0.3, 0.4) is 0 Å². The van der Waals surface area contributed by atoms with Crippen LogP contribution in [-0.2, 0) is 12.8 Å². The van der Waals surface area contributed by atoms with E-state index < -0.39 is 0 Å². The van der Waals surface area contributed by atoms with Crippen LogP contribution < -0.4 is 0 Å². The van der Waals surface area contributed by atoms with E-state index in [1.165, 1.54) is 0 Å². The van der Waals surface area contributed by atoms with Crippen LogP contribution in [0.25, 0.3) is 22.3 Å². The largest absolute Gasteiger partial charge is 0.508 e. The summed E-state index contributed by atoms with van der Waals surface area (Å²) in [6.45, 7) is 0. The number of phenols is 2. The predicted octanol–water partition coefficient (Wildman–Crippen LogP) is 6.22. The van der Waals surface area contributed by atoms with E-state index in [-0.39, 0.29) is 11.5 Å². The molecule has 29 heavy (non-hydrogen) atoms. The maximum Gasteiger partial charge on any atom is 0.115 e. The van der Waals surface area contributed by atoms with Gasteiger partial charge in [-0.2, -0.15) is 0 Å². The summed E-state index contributed by atoms with van der Waals surface area (Å²) < 4.78 is 0. The van der Waals surface area contributed by atoms with Gasteiger partial charge in [-0.25, -0.2) is 0 Å². The SMILES string of the molecule is Oc1ccc(-c2ccccc2)c(CCc2cc(O)ccc2-c2ccccc2)c1.[Es]. The Morgan fingerprint density at radius 3 is 1.24 bits per heavy atom. The average molecular weight is 618 g/mol. The van der Waals surface area contributed by atoms with Crippen molar-refractivity contribution in [1.29, 1.82) is 0 Å². The summed E-state index contributed by atoms with van der Waals surface area (Å²) in [7, 11) is 0. The Morgan fingerprint density at radius 2 is 0.862 bits per heavy atom. The first-order valence-electron chi connectivity index (χ1n) is 9.45. The number of benzene rings is 4. The minimum atomic E-state index is 0. The van der Waals surface area contributed by atoms with E-state index in [0.29, 0.717) is 0 Å². The van der Waals surface area contributed by atoms with Crippen molar-refractivity contribution in [2.24, 2.45) is 0 Å². The minimum absolute atomic E-state index is 0. The molecular weight excluding hydrogens is 596 g/mol. The van der Waals surface area contributed by atoms with Gasteiger partial charge in [-0.1, -0.05) is 72.8 Å². The molecule has 0 saturated carbocycles. The molecule has 0 aliphatic carbocycles. The fourth-order valence-corrected chi connectivity index (χ4v) is 3.64. The zero-order valence-electron chi connectivity index (χ0n) is 15.8. The Bertz CT molecular complexity index is 987. The Labute approximate surface area is 165 Å². The Kier molecular flexibility index (Phi) is 5.61. The first-order chi connectivity index (χ1) is 13.7. The predicted molar refractivity (Wildman–Crippen MR) is 114 cm³/mol. The van der Waals surface area contributed by atoms with Gasteiger partial charge < -0.3 is 10.2 Å². The van der Waals surface area contributed by atoms with Gasteiger partial charge in [-0.05, 0) is 70.5 Å². The van der Waals surface area contributed by atoms with Crippen LogP contribution in [0.2, 0.25) is 0 Å². The van der Waals surface area contributed by atoms with Crippen molar-refractivity contribution < 1.29 is 10.2 Å². The van der Waals surface area contributed by atoms with E-state index in [9.17, 15) is 10.2 Å². The van der Waals surface area contributed by atoms with Gasteiger partial charge in [0.15, 0.2) is 0 Å². The smallest absolute Gasteiger partial charge is 0.115 e. The molecule has 1 radical (unpaired) electrons. The monoisotopic (exact) mass is 618 g/mol. The second kappa shape index (κ2) is 8.45. The summed E-state index contributed by atoms with van der Waals surface area (Å²) in [5.41, 5.74) is 6.70. The molecular formula is C26H22EsO2. The summed E-state index contributed by atoms with van der Waals surface area (Å²) >= 11 is 0. The molecule has 0 aliphatic heterocycles. The molecule has 0 heterocycles. The maximum atomic E-state index is 10.0. The van der Waals surface area contributed by atoms with E-state index >= 15 is 0 Å². The number of hydrogen-bond acceptors (Lipinski definition) is 2. The van der Waals surface area contributed by atoms with Crippen molar-refractivity contribution in [3.05, 3.63) is 108 Å². The number of rotatable bonds is 5. The Hall–Kier alpha value is -4.52. The molecule has 0 unspecified atom stereocenters. The summed E-state index contributed by atoms with van der Waals surface area (Å²) in [5, 5.41) is 20.0. The maximum absolute atomic E-state index is 10.0. The molecule has 0 bridgehead atoms. The zero-order valence-corrected chi connectivity index (χ0v) is 18.4. The fraction of sp³-hybridized carbons (Fsp3) is 0.0769. The van der Waals surface area contributed by atoms with Crippen LogP contribution in [-0.4, -0.2) is 10.2 Å². The standard InChI is InChI=1S/C26H22O2.Es/c27-23-13-15-25(19-7-3-1-4-8-19)21(17-23)11-12-22-18-24(28)14-16-26(22)20-9-5-2-6-10-20;/h1-10,13-18,27-28H,11-12H2;. The molecule has 0 fully saturated rings. The normalized spacial score (nSPS) is 10.3. The number of phenolic OH excluding ortho intramolecular Hbond substituents is 2. The fourth-order valence-electron chi connectivity index (χ4n) is 3.64. The third-order valence-corrected chi connectivity index (χ3v) is 5.01. The van der Waals surface area contributed by atoms with Gasteiger partial charge in [0, 0.05) is 0 Å². The summed E-state index contributed by atoms with van der Waals surface area (Å²) in [4.78, 5) is 0. The molecule has 0 atom stereocenters. The van der Waals surface area contributed by atoms with Gasteiger partial charge in [0.25, 0.3) is 0 Å². The summed E-state index contributed by atoms with van der Waals surface area (Å²) in [6.07, 6.45) is 1.53. The molecule has 0 aromatic heterocycles. The topological polar surface area (TPSA) is 40.5 Å². The van der Waals surface area contributed by atoms with Crippen molar-refractivity contribution >= 4 is 0 Å². The Morgan fingerprint density at radius 1 is 0.483 bits per heavy atom. The van der Waals surface area contributed by atoms with Crippen LogP contribution in [0.4, 0.5) is 0 Å². The molecule has 4 aromatic carbocycles. The van der Waals surface area contributed by atoms with Crippen molar-refractivity contribution in [2.75, 3.05) is 0 Å². The molecule has 4 rings (SSSR count). The van der Waals surface area contributed by atoms with E-state index in [2.05, 4.69) is 24.3 Å². The molecule has 0 amide bonds. The van der Waals surface area contributed by atoms with E-state index in [4.69, 9.17) is 0 Å². The van der Waals surface area contributed by atoms with Crippen molar-refractivity contribution in [1.82, 2.24) is 0 Å². The van der Waals surface area contributed by atoms with Crippen LogP contribution in [0.5, 0.6) is 11.5 Å². The van der Waals surface area contributed by atoms with Crippen LogP contribution in [0, 0.1) is 0 Å². The second-order valence-corrected chi connectivity index (χ2v) is 6.91. The molecule has 0 saturated heterocycles. The van der Waals surface area contributed by atoms with E-state index in [0.717, 1.165) is 46.2 Å². The van der Waals surface area contributed by atoms with E-state index in [1.807, 2.05) is 60.7 Å². The first kappa shape index (κ1) is 19.2. The number of aryl methyl sites for hydroxylation is 2. The van der Waals surface area contributed by atoms with Crippen LogP contribution >= 0.6 is 0 Å². The van der Waals surface area contributed by atoms with Crippen LogP contribution in [0.15, 0.2) is 97.1 Å². The molecule has 2 nitrogen and oxygen atoms in total. The average Bonchev–Trinajstić information content (AvgIpc) is 2.74. The van der Waals surface area contributed by atoms with Crippen molar-refractivity contribution in [3.63, 3.8) is 0 Å². The third-order valence-electron chi connectivity index (χ3n) is 5.01. The van der Waals surface area contributed by atoms with Gasteiger partial charge >= 0.3 is 0 Å².